The smallest absolute Gasteiger partial charge is 0.309 e. The summed E-state index contributed by atoms with van der Waals surface area (Å²) in [6, 6.07) is 6.43. The largest absolute Gasteiger partial charge is 0.508 e. The molecule has 1 spiro atoms. The fourth-order valence-electron chi connectivity index (χ4n) is 9.84. The monoisotopic (exact) mass is 491 g/mol. The topological polar surface area (TPSA) is 94.9 Å². The molecule has 6 nitrogen and oxygen atoms in total. The van der Waals surface area contributed by atoms with Crippen molar-refractivity contribution < 1.29 is 24.6 Å². The quantitative estimate of drug-likeness (QED) is 0.436. The number of rotatable bonds is 3. The van der Waals surface area contributed by atoms with E-state index in [1.54, 1.807) is 18.2 Å². The van der Waals surface area contributed by atoms with E-state index in [9.17, 15) is 24.6 Å². The fraction of sp³-hybridized carbons (Fsp3) is 0.633. The summed E-state index contributed by atoms with van der Waals surface area (Å²) < 4.78 is 0. The normalized spacial score (nSPS) is 43.2. The van der Waals surface area contributed by atoms with Gasteiger partial charge >= 0.3 is 5.97 Å². The lowest BCUT2D eigenvalue weighted by Gasteiger charge is -2.68. The maximum absolute atomic E-state index is 14.2. The van der Waals surface area contributed by atoms with Crippen molar-refractivity contribution in [2.75, 3.05) is 4.90 Å². The molecule has 1 heterocycles. The third kappa shape index (κ3) is 2.76. The predicted molar refractivity (Wildman–Crippen MR) is 135 cm³/mol. The summed E-state index contributed by atoms with van der Waals surface area (Å²) >= 11 is 0. The number of aliphatic carboxylic acids is 1. The van der Waals surface area contributed by atoms with Gasteiger partial charge in [0.15, 0.2) is 0 Å². The zero-order chi connectivity index (χ0) is 25.8. The molecule has 0 radical (unpaired) electrons. The minimum atomic E-state index is -0.752. The number of phenols is 1. The van der Waals surface area contributed by atoms with Crippen LogP contribution in [0.3, 0.4) is 0 Å². The number of aromatic hydroxyl groups is 1. The van der Waals surface area contributed by atoms with Gasteiger partial charge in [0.2, 0.25) is 11.8 Å². The van der Waals surface area contributed by atoms with E-state index >= 15 is 0 Å². The number of anilines is 1. The number of carbonyl (C=O) groups excluding carboxylic acids is 2. The molecular weight excluding hydrogens is 454 g/mol. The van der Waals surface area contributed by atoms with Crippen LogP contribution in [0.5, 0.6) is 5.75 Å². The number of allylic oxidation sites excluding steroid dienone is 2. The van der Waals surface area contributed by atoms with Crippen LogP contribution in [0.25, 0.3) is 0 Å². The average Bonchev–Trinajstić information content (AvgIpc) is 3.10. The second-order valence-corrected chi connectivity index (χ2v) is 13.0. The van der Waals surface area contributed by atoms with Crippen molar-refractivity contribution in [3.63, 3.8) is 0 Å². The highest BCUT2D eigenvalue weighted by Gasteiger charge is 2.73. The van der Waals surface area contributed by atoms with Crippen molar-refractivity contribution in [2.45, 2.75) is 66.2 Å². The molecule has 2 amide bonds. The SMILES string of the molecule is CC(C)C1=C[C@]23CC[C@@H]4[C@](C)(CCC[C@@]4(C)C(=O)O)[C@@H]2C[C@@H]1[C@H]1C(=O)N(c2cccc(O)c2)C(=O)[C@H]13. The van der Waals surface area contributed by atoms with Gasteiger partial charge in [0.1, 0.15) is 5.75 Å². The van der Waals surface area contributed by atoms with Gasteiger partial charge in [0.05, 0.1) is 22.9 Å². The third-order valence-corrected chi connectivity index (χ3v) is 11.2. The van der Waals surface area contributed by atoms with Gasteiger partial charge in [-0.15, -0.1) is 0 Å². The molecule has 1 saturated heterocycles. The number of carboxylic acid groups (broad SMARTS) is 1. The number of fused-ring (bicyclic) bond motifs is 1. The maximum atomic E-state index is 14.2. The second kappa shape index (κ2) is 7.45. The van der Waals surface area contributed by atoms with Crippen molar-refractivity contribution in [3.8, 4) is 5.75 Å². The van der Waals surface area contributed by atoms with Crippen molar-refractivity contribution in [3.05, 3.63) is 35.9 Å². The molecule has 6 heteroatoms. The van der Waals surface area contributed by atoms with Gasteiger partial charge < -0.3 is 10.2 Å². The zero-order valence-electron chi connectivity index (χ0n) is 21.7. The number of carboxylic acids is 1. The highest BCUT2D eigenvalue weighted by atomic mass is 16.4. The fourth-order valence-corrected chi connectivity index (χ4v) is 9.84. The van der Waals surface area contributed by atoms with Crippen molar-refractivity contribution in [1.29, 1.82) is 0 Å². The number of carbonyl (C=O) groups is 3. The van der Waals surface area contributed by atoms with Crippen LogP contribution in [0.2, 0.25) is 0 Å². The van der Waals surface area contributed by atoms with Gasteiger partial charge in [0, 0.05) is 11.5 Å². The Labute approximate surface area is 212 Å². The summed E-state index contributed by atoms with van der Waals surface area (Å²) in [4.78, 5) is 42.0. The first-order valence-corrected chi connectivity index (χ1v) is 13.6. The van der Waals surface area contributed by atoms with Crippen LogP contribution in [-0.2, 0) is 14.4 Å². The van der Waals surface area contributed by atoms with E-state index < -0.39 is 22.7 Å². The van der Waals surface area contributed by atoms with Crippen LogP contribution in [0.15, 0.2) is 35.9 Å². The number of hydrogen-bond donors (Lipinski definition) is 2. The van der Waals surface area contributed by atoms with Crippen LogP contribution >= 0.6 is 0 Å². The number of hydrogen-bond acceptors (Lipinski definition) is 4. The Kier molecular flexibility index (Phi) is 4.92. The average molecular weight is 492 g/mol. The molecule has 6 aliphatic rings. The number of nitrogens with zero attached hydrogens (tertiary/aromatic N) is 1. The van der Waals surface area contributed by atoms with Crippen LogP contribution in [0.1, 0.15) is 66.2 Å². The van der Waals surface area contributed by atoms with Crippen molar-refractivity contribution >= 4 is 23.5 Å². The molecule has 36 heavy (non-hydrogen) atoms. The van der Waals surface area contributed by atoms with Crippen molar-refractivity contribution in [1.82, 2.24) is 0 Å². The van der Waals surface area contributed by atoms with E-state index in [0.29, 0.717) is 12.1 Å². The molecule has 4 fully saturated rings. The summed E-state index contributed by atoms with van der Waals surface area (Å²) in [6.45, 7) is 8.58. The minimum absolute atomic E-state index is 0.00535. The Hall–Kier alpha value is -2.63. The molecule has 3 saturated carbocycles. The standard InChI is InChI=1S/C30H37NO5/c1-16(2)20-15-30-12-9-21-28(3,10-6-11-29(21,4)27(35)36)22(30)14-19(20)23-24(30)26(34)31(25(23)33)17-7-5-8-18(32)13-17/h5,7-8,13,15-16,19,21-24,32H,6,9-12,14H2,1-4H3,(H,35,36)/t19-,21+,22-,23+,24-,28-,29+,30+/m0/s1. The Morgan fingerprint density at radius 2 is 1.83 bits per heavy atom. The van der Waals surface area contributed by atoms with E-state index in [4.69, 9.17) is 0 Å². The van der Waals surface area contributed by atoms with E-state index in [1.165, 1.54) is 16.5 Å². The lowest BCUT2D eigenvalue weighted by molar-refractivity contribution is -0.194. The zero-order valence-corrected chi connectivity index (χ0v) is 21.7. The summed E-state index contributed by atoms with van der Waals surface area (Å²) in [5, 5.41) is 20.3. The first-order valence-electron chi connectivity index (χ1n) is 13.6. The van der Waals surface area contributed by atoms with Crippen molar-refractivity contribution in [2.24, 2.45) is 51.8 Å². The third-order valence-electron chi connectivity index (χ3n) is 11.2. The Morgan fingerprint density at radius 3 is 2.50 bits per heavy atom. The lowest BCUT2D eigenvalue weighted by Crippen LogP contribution is -2.65. The Balaban J connectivity index is 1.50. The maximum Gasteiger partial charge on any atom is 0.309 e. The van der Waals surface area contributed by atoms with Crippen LogP contribution < -0.4 is 4.90 Å². The summed E-state index contributed by atoms with van der Waals surface area (Å²) in [7, 11) is 0. The van der Waals surface area contributed by atoms with Gasteiger partial charge in [-0.3, -0.25) is 14.4 Å². The molecule has 5 aliphatic carbocycles. The second-order valence-electron chi connectivity index (χ2n) is 13.0. The van der Waals surface area contributed by atoms with Crippen LogP contribution in [0.4, 0.5) is 5.69 Å². The van der Waals surface area contributed by atoms with Crippen LogP contribution in [-0.4, -0.2) is 28.0 Å². The molecule has 1 aromatic carbocycles. The highest BCUT2D eigenvalue weighted by molar-refractivity contribution is 6.23. The highest BCUT2D eigenvalue weighted by Crippen LogP contribution is 2.74. The van der Waals surface area contributed by atoms with E-state index in [1.807, 2.05) is 6.92 Å². The van der Waals surface area contributed by atoms with Crippen LogP contribution in [0, 0.1) is 51.8 Å². The van der Waals surface area contributed by atoms with Gasteiger partial charge in [0.25, 0.3) is 0 Å². The molecule has 0 unspecified atom stereocenters. The number of benzene rings is 1. The van der Waals surface area contributed by atoms with Gasteiger partial charge in [-0.2, -0.15) is 0 Å². The van der Waals surface area contributed by atoms with Gasteiger partial charge in [-0.1, -0.05) is 44.9 Å². The number of amides is 2. The molecule has 192 valence electrons. The Morgan fingerprint density at radius 1 is 1.08 bits per heavy atom. The molecule has 1 aromatic rings. The number of phenolic OH excluding ortho intramolecular Hbond substituents is 1. The summed E-state index contributed by atoms with van der Waals surface area (Å²) in [5.74, 6) is -1.24. The molecule has 2 bridgehead atoms. The first-order chi connectivity index (χ1) is 17.0. The lowest BCUT2D eigenvalue weighted by atomic mass is 9.34. The molecule has 7 rings (SSSR count). The summed E-state index contributed by atoms with van der Waals surface area (Å²) in [6.07, 6.45) is 7.30. The molecule has 8 atom stereocenters. The van der Waals surface area contributed by atoms with Gasteiger partial charge in [-0.05, 0) is 80.2 Å². The molecular formula is C30H37NO5. The number of imide groups is 1. The van der Waals surface area contributed by atoms with Gasteiger partial charge in [-0.25, -0.2) is 4.90 Å². The minimum Gasteiger partial charge on any atom is -0.508 e. The molecule has 2 N–H and O–H groups in total. The van der Waals surface area contributed by atoms with E-state index in [0.717, 1.165) is 32.1 Å². The first kappa shape index (κ1) is 23.7. The predicted octanol–water partition coefficient (Wildman–Crippen LogP) is 5.41. The summed E-state index contributed by atoms with van der Waals surface area (Å²) in [5.41, 5.74) is 0.366. The van der Waals surface area contributed by atoms with E-state index in [2.05, 4.69) is 26.8 Å². The van der Waals surface area contributed by atoms with E-state index in [-0.39, 0.29) is 52.6 Å². The molecule has 0 aromatic heterocycles. The molecule has 1 aliphatic heterocycles. The Bertz CT molecular complexity index is 1200.